The summed E-state index contributed by atoms with van der Waals surface area (Å²) in [6.45, 7) is 5.35. The Morgan fingerprint density at radius 1 is 1.15 bits per heavy atom. The Labute approximate surface area is 154 Å². The highest BCUT2D eigenvalue weighted by Crippen LogP contribution is 2.45. The number of halogens is 1. The Hall–Kier alpha value is -2.20. The molecule has 2 aromatic rings. The van der Waals surface area contributed by atoms with E-state index in [0.717, 1.165) is 29.0 Å². The molecular formula is C22H26FNO2. The number of ether oxygens (including phenoxy) is 1. The van der Waals surface area contributed by atoms with Crippen molar-refractivity contribution in [3.8, 4) is 5.75 Å². The van der Waals surface area contributed by atoms with Crippen molar-refractivity contribution in [2.45, 2.75) is 26.2 Å². The monoisotopic (exact) mass is 355 g/mol. The standard InChI is InChI=1S/C22H26FNO2/c1-22(2)14-20(15-5-7-16(23)8-6-15)18-10-9-17(13-19(18)21(22)25)26-12-11-24(3)4/h5-10,13,20H,11-12,14H2,1-4H3. The number of nitrogens with zero attached hydrogens (tertiary/aromatic N) is 1. The number of hydrogen-bond donors (Lipinski definition) is 0. The number of rotatable bonds is 5. The van der Waals surface area contributed by atoms with E-state index in [1.165, 1.54) is 12.1 Å². The van der Waals surface area contributed by atoms with Crippen molar-refractivity contribution in [1.82, 2.24) is 4.90 Å². The maximum absolute atomic E-state index is 13.3. The van der Waals surface area contributed by atoms with Gasteiger partial charge < -0.3 is 9.64 Å². The van der Waals surface area contributed by atoms with Gasteiger partial charge in [0.1, 0.15) is 18.2 Å². The minimum Gasteiger partial charge on any atom is -0.492 e. The summed E-state index contributed by atoms with van der Waals surface area (Å²) in [6, 6.07) is 12.4. The van der Waals surface area contributed by atoms with E-state index < -0.39 is 5.41 Å². The van der Waals surface area contributed by atoms with Crippen LogP contribution in [-0.4, -0.2) is 37.9 Å². The zero-order chi connectivity index (χ0) is 18.9. The molecule has 138 valence electrons. The molecule has 0 N–H and O–H groups in total. The van der Waals surface area contributed by atoms with Gasteiger partial charge in [0.25, 0.3) is 0 Å². The zero-order valence-electron chi connectivity index (χ0n) is 15.9. The Morgan fingerprint density at radius 3 is 2.50 bits per heavy atom. The molecule has 3 rings (SSSR count). The third-order valence-electron chi connectivity index (χ3n) is 5.05. The molecule has 0 fully saturated rings. The lowest BCUT2D eigenvalue weighted by molar-refractivity contribution is 0.0801. The van der Waals surface area contributed by atoms with Crippen LogP contribution in [0.2, 0.25) is 0 Å². The highest BCUT2D eigenvalue weighted by molar-refractivity contribution is 6.03. The van der Waals surface area contributed by atoms with Crippen LogP contribution in [0.5, 0.6) is 5.75 Å². The van der Waals surface area contributed by atoms with Gasteiger partial charge in [-0.05, 0) is 55.9 Å². The Balaban J connectivity index is 1.95. The van der Waals surface area contributed by atoms with Crippen LogP contribution in [0, 0.1) is 11.2 Å². The fourth-order valence-corrected chi connectivity index (χ4v) is 3.54. The number of benzene rings is 2. The first-order chi connectivity index (χ1) is 12.3. The van der Waals surface area contributed by atoms with E-state index in [4.69, 9.17) is 4.74 Å². The van der Waals surface area contributed by atoms with Crippen LogP contribution in [0.15, 0.2) is 42.5 Å². The Kier molecular flexibility index (Phi) is 5.15. The topological polar surface area (TPSA) is 29.5 Å². The summed E-state index contributed by atoms with van der Waals surface area (Å²) in [7, 11) is 3.99. The molecule has 0 amide bonds. The van der Waals surface area contributed by atoms with Gasteiger partial charge >= 0.3 is 0 Å². The van der Waals surface area contributed by atoms with Crippen molar-refractivity contribution in [3.05, 3.63) is 65.0 Å². The number of fused-ring (bicyclic) bond motifs is 1. The largest absolute Gasteiger partial charge is 0.492 e. The molecule has 1 atom stereocenters. The summed E-state index contributed by atoms with van der Waals surface area (Å²) >= 11 is 0. The second-order valence-corrected chi connectivity index (χ2v) is 7.92. The van der Waals surface area contributed by atoms with E-state index >= 15 is 0 Å². The van der Waals surface area contributed by atoms with E-state index in [9.17, 15) is 9.18 Å². The summed E-state index contributed by atoms with van der Waals surface area (Å²) in [5.41, 5.74) is 2.29. The van der Waals surface area contributed by atoms with Gasteiger partial charge in [-0.15, -0.1) is 0 Å². The molecule has 0 heterocycles. The predicted octanol–water partition coefficient (Wildman–Crippen LogP) is 4.51. The molecule has 4 heteroatoms. The minimum atomic E-state index is -0.464. The number of ketones is 1. The molecule has 1 aliphatic carbocycles. The number of Topliss-reactive ketones (excluding diaryl/α,β-unsaturated/α-hetero) is 1. The summed E-state index contributed by atoms with van der Waals surface area (Å²) < 4.78 is 19.1. The van der Waals surface area contributed by atoms with Crippen LogP contribution in [-0.2, 0) is 0 Å². The molecule has 0 saturated carbocycles. The maximum Gasteiger partial charge on any atom is 0.168 e. The van der Waals surface area contributed by atoms with E-state index in [2.05, 4.69) is 4.90 Å². The molecule has 1 unspecified atom stereocenters. The molecule has 0 saturated heterocycles. The van der Waals surface area contributed by atoms with Gasteiger partial charge in [0.2, 0.25) is 0 Å². The normalized spacial score (nSPS) is 18.7. The van der Waals surface area contributed by atoms with Crippen molar-refractivity contribution in [1.29, 1.82) is 0 Å². The highest BCUT2D eigenvalue weighted by atomic mass is 19.1. The van der Waals surface area contributed by atoms with E-state index in [-0.39, 0.29) is 17.5 Å². The third kappa shape index (κ3) is 3.80. The molecule has 0 radical (unpaired) electrons. The van der Waals surface area contributed by atoms with Crippen molar-refractivity contribution in [2.24, 2.45) is 5.41 Å². The quantitative estimate of drug-likeness (QED) is 0.790. The maximum atomic E-state index is 13.3. The molecule has 1 aliphatic rings. The molecule has 0 bridgehead atoms. The van der Waals surface area contributed by atoms with E-state index in [1.54, 1.807) is 0 Å². The SMILES string of the molecule is CN(C)CCOc1ccc2c(c1)C(=O)C(C)(C)CC2c1ccc(F)cc1. The first kappa shape index (κ1) is 18.6. The Morgan fingerprint density at radius 2 is 1.85 bits per heavy atom. The predicted molar refractivity (Wildman–Crippen MR) is 101 cm³/mol. The summed E-state index contributed by atoms with van der Waals surface area (Å²) in [5.74, 6) is 0.692. The van der Waals surface area contributed by atoms with Gasteiger partial charge in [-0.3, -0.25) is 4.79 Å². The fraction of sp³-hybridized carbons (Fsp3) is 0.409. The molecule has 0 aliphatic heterocycles. The van der Waals surface area contributed by atoms with Crippen molar-refractivity contribution >= 4 is 5.78 Å². The second kappa shape index (κ2) is 7.20. The zero-order valence-corrected chi connectivity index (χ0v) is 15.9. The van der Waals surface area contributed by atoms with Gasteiger partial charge in [0.05, 0.1) is 0 Å². The van der Waals surface area contributed by atoms with Crippen LogP contribution in [0.4, 0.5) is 4.39 Å². The number of hydrogen-bond acceptors (Lipinski definition) is 3. The van der Waals surface area contributed by atoms with Gasteiger partial charge in [0, 0.05) is 23.4 Å². The summed E-state index contributed by atoms with van der Waals surface area (Å²) in [4.78, 5) is 15.0. The van der Waals surface area contributed by atoms with Gasteiger partial charge in [0.15, 0.2) is 5.78 Å². The van der Waals surface area contributed by atoms with Crippen molar-refractivity contribution in [3.63, 3.8) is 0 Å². The van der Waals surface area contributed by atoms with Crippen molar-refractivity contribution < 1.29 is 13.9 Å². The average Bonchev–Trinajstić information content (AvgIpc) is 2.59. The molecule has 26 heavy (non-hydrogen) atoms. The van der Waals surface area contributed by atoms with Crippen molar-refractivity contribution in [2.75, 3.05) is 27.2 Å². The van der Waals surface area contributed by atoms with Crippen LogP contribution < -0.4 is 4.74 Å². The van der Waals surface area contributed by atoms with Gasteiger partial charge in [-0.1, -0.05) is 32.0 Å². The van der Waals surface area contributed by atoms with Crippen LogP contribution in [0.3, 0.4) is 0 Å². The molecular weight excluding hydrogens is 329 g/mol. The lowest BCUT2D eigenvalue weighted by Gasteiger charge is -2.36. The summed E-state index contributed by atoms with van der Waals surface area (Å²) in [6.07, 6.45) is 0.714. The first-order valence-corrected chi connectivity index (χ1v) is 9.00. The third-order valence-corrected chi connectivity index (χ3v) is 5.05. The minimum absolute atomic E-state index is 0.0779. The lowest BCUT2D eigenvalue weighted by Crippen LogP contribution is -2.33. The highest BCUT2D eigenvalue weighted by Gasteiger charge is 2.40. The molecule has 2 aromatic carbocycles. The van der Waals surface area contributed by atoms with Crippen LogP contribution >= 0.6 is 0 Å². The fourth-order valence-electron chi connectivity index (χ4n) is 3.54. The second-order valence-electron chi connectivity index (χ2n) is 7.92. The first-order valence-electron chi connectivity index (χ1n) is 9.00. The average molecular weight is 355 g/mol. The Bertz CT molecular complexity index is 796. The molecule has 0 aromatic heterocycles. The van der Waals surface area contributed by atoms with Crippen LogP contribution in [0.25, 0.3) is 0 Å². The van der Waals surface area contributed by atoms with Gasteiger partial charge in [-0.2, -0.15) is 0 Å². The molecule has 3 nitrogen and oxygen atoms in total. The number of likely N-dealkylation sites (N-methyl/N-ethyl adjacent to an activating group) is 1. The summed E-state index contributed by atoms with van der Waals surface area (Å²) in [5, 5.41) is 0. The van der Waals surface area contributed by atoms with E-state index in [0.29, 0.717) is 13.0 Å². The number of carbonyl (C=O) groups is 1. The smallest absolute Gasteiger partial charge is 0.168 e. The molecule has 0 spiro atoms. The lowest BCUT2D eigenvalue weighted by atomic mass is 9.66. The van der Waals surface area contributed by atoms with E-state index in [1.807, 2.05) is 58.3 Å². The number of carbonyl (C=O) groups excluding carboxylic acids is 1. The van der Waals surface area contributed by atoms with Gasteiger partial charge in [-0.25, -0.2) is 4.39 Å². The van der Waals surface area contributed by atoms with Crippen LogP contribution in [0.1, 0.15) is 47.7 Å².